The van der Waals surface area contributed by atoms with Crippen molar-refractivity contribution >= 4 is 12.0 Å². The van der Waals surface area contributed by atoms with Gasteiger partial charge in [0.15, 0.2) is 11.5 Å². The lowest BCUT2D eigenvalue weighted by Gasteiger charge is -2.31. The molecule has 0 bridgehead atoms. The maximum Gasteiger partial charge on any atom is 0.507 e. The summed E-state index contributed by atoms with van der Waals surface area (Å²) in [6.07, 6.45) is -2.58. The van der Waals surface area contributed by atoms with Crippen molar-refractivity contribution in [1.82, 2.24) is 10.3 Å². The number of aromatic nitrogens is 1. The predicted octanol–water partition coefficient (Wildman–Crippen LogP) is 4.51. The molecule has 1 aromatic heterocycles. The van der Waals surface area contributed by atoms with Gasteiger partial charge in [-0.3, -0.25) is 4.79 Å². The molecule has 0 radical (unpaired) electrons. The van der Waals surface area contributed by atoms with Crippen LogP contribution in [-0.2, 0) is 4.79 Å². The van der Waals surface area contributed by atoms with Crippen LogP contribution >= 0.6 is 0 Å². The first-order valence-electron chi connectivity index (χ1n) is 8.97. The van der Waals surface area contributed by atoms with E-state index in [4.69, 9.17) is 4.74 Å². The molecular formula is C20H16F4N2O4. The summed E-state index contributed by atoms with van der Waals surface area (Å²) in [7, 11) is 0. The third-order valence-electron chi connectivity index (χ3n) is 4.52. The highest BCUT2D eigenvalue weighted by atomic mass is 19.3. The molecule has 0 spiro atoms. The Kier molecular flexibility index (Phi) is 4.59. The third kappa shape index (κ3) is 4.03. The van der Waals surface area contributed by atoms with Crippen LogP contribution in [-0.4, -0.2) is 28.6 Å². The van der Waals surface area contributed by atoms with Crippen molar-refractivity contribution in [2.45, 2.75) is 37.5 Å². The zero-order valence-corrected chi connectivity index (χ0v) is 15.6. The largest absolute Gasteiger partial charge is 0.507 e. The van der Waals surface area contributed by atoms with Gasteiger partial charge in [-0.25, -0.2) is 4.98 Å². The number of hydrogen-bond donors (Lipinski definition) is 1. The summed E-state index contributed by atoms with van der Waals surface area (Å²) < 4.78 is 66.6. The van der Waals surface area contributed by atoms with Crippen LogP contribution in [0.2, 0.25) is 0 Å². The predicted molar refractivity (Wildman–Crippen MR) is 96.7 cm³/mol. The Hall–Kier alpha value is -3.30. The van der Waals surface area contributed by atoms with Gasteiger partial charge in [-0.05, 0) is 36.6 Å². The second-order valence-corrected chi connectivity index (χ2v) is 7.05. The van der Waals surface area contributed by atoms with Gasteiger partial charge in [0.05, 0.1) is 5.54 Å². The molecule has 1 saturated carbocycles. The SMILES string of the molecule is CC(=O)NC1(/C=C/c2ccc(Oc3ccc4c(c3)OC(F)(F)C(F)(F)O4)nc2)CC1. The molecule has 4 rings (SSSR count). The average molecular weight is 424 g/mol. The zero-order valence-electron chi connectivity index (χ0n) is 15.6. The monoisotopic (exact) mass is 424 g/mol. The lowest BCUT2D eigenvalue weighted by Crippen LogP contribution is -2.52. The lowest BCUT2D eigenvalue weighted by molar-refractivity contribution is -0.391. The Morgan fingerprint density at radius 2 is 1.80 bits per heavy atom. The number of ether oxygens (including phenoxy) is 3. The van der Waals surface area contributed by atoms with E-state index in [-0.39, 0.29) is 23.1 Å². The molecule has 1 N–H and O–H groups in total. The van der Waals surface area contributed by atoms with Gasteiger partial charge in [-0.15, -0.1) is 0 Å². The Morgan fingerprint density at radius 1 is 1.10 bits per heavy atom. The second kappa shape index (κ2) is 6.89. The number of nitrogens with one attached hydrogen (secondary N) is 1. The molecular weight excluding hydrogens is 408 g/mol. The molecule has 1 amide bonds. The highest BCUT2D eigenvalue weighted by Crippen LogP contribution is 2.48. The normalized spacial score (nSPS) is 19.9. The lowest BCUT2D eigenvalue weighted by atomic mass is 10.2. The van der Waals surface area contributed by atoms with Crippen LogP contribution < -0.4 is 19.5 Å². The molecule has 2 heterocycles. The Labute approximate surface area is 168 Å². The molecule has 6 nitrogen and oxygen atoms in total. The van der Waals surface area contributed by atoms with Crippen LogP contribution in [0.1, 0.15) is 25.3 Å². The van der Waals surface area contributed by atoms with Crippen molar-refractivity contribution in [2.24, 2.45) is 0 Å². The van der Waals surface area contributed by atoms with Crippen molar-refractivity contribution in [1.29, 1.82) is 0 Å². The standard InChI is InChI=1S/C20H16F4N2O4/c1-12(27)26-18(8-9-18)7-6-13-2-5-17(25-11-13)28-14-3-4-15-16(10-14)30-20(23,24)19(21,22)29-15/h2-7,10-11H,8-9H2,1H3,(H,26,27)/b7-6+. The number of halogens is 4. The van der Waals surface area contributed by atoms with Gasteiger partial charge in [0.1, 0.15) is 5.75 Å². The molecule has 1 aliphatic carbocycles. The van der Waals surface area contributed by atoms with Gasteiger partial charge >= 0.3 is 12.2 Å². The summed E-state index contributed by atoms with van der Waals surface area (Å²) in [6, 6.07) is 6.59. The minimum Gasteiger partial charge on any atom is -0.439 e. The third-order valence-corrected chi connectivity index (χ3v) is 4.52. The van der Waals surface area contributed by atoms with Gasteiger partial charge < -0.3 is 19.5 Å². The molecule has 0 unspecified atom stereocenters. The van der Waals surface area contributed by atoms with E-state index in [0.717, 1.165) is 30.5 Å². The molecule has 10 heteroatoms. The molecule has 1 aromatic carbocycles. The number of carbonyl (C=O) groups excluding carboxylic acids is 1. The highest BCUT2D eigenvalue weighted by Gasteiger charge is 2.66. The summed E-state index contributed by atoms with van der Waals surface area (Å²) in [4.78, 5) is 15.3. The van der Waals surface area contributed by atoms with E-state index in [1.165, 1.54) is 19.2 Å². The fraction of sp³-hybridized carbons (Fsp3) is 0.300. The summed E-state index contributed by atoms with van der Waals surface area (Å²) in [5.74, 6) is -0.990. The van der Waals surface area contributed by atoms with Crippen LogP contribution in [0.25, 0.3) is 6.08 Å². The van der Waals surface area contributed by atoms with E-state index < -0.39 is 23.7 Å². The van der Waals surface area contributed by atoms with Crippen molar-refractivity contribution in [3.63, 3.8) is 0 Å². The molecule has 0 atom stereocenters. The van der Waals surface area contributed by atoms with Gasteiger partial charge in [0, 0.05) is 25.3 Å². The Balaban J connectivity index is 1.44. The van der Waals surface area contributed by atoms with Gasteiger partial charge in [0.2, 0.25) is 11.8 Å². The number of rotatable bonds is 5. The Morgan fingerprint density at radius 3 is 2.40 bits per heavy atom. The quantitative estimate of drug-likeness (QED) is 0.716. The van der Waals surface area contributed by atoms with E-state index in [1.54, 1.807) is 12.1 Å². The Bertz CT molecular complexity index is 1000. The minimum absolute atomic E-state index is 0.0525. The first kappa shape index (κ1) is 20.0. The molecule has 1 aliphatic heterocycles. The smallest absolute Gasteiger partial charge is 0.439 e. The summed E-state index contributed by atoms with van der Waals surface area (Å²) in [5, 5.41) is 2.89. The van der Waals surface area contributed by atoms with Crippen molar-refractivity contribution in [3.05, 3.63) is 48.2 Å². The molecule has 0 saturated heterocycles. The van der Waals surface area contributed by atoms with Crippen LogP contribution in [0.4, 0.5) is 17.6 Å². The van der Waals surface area contributed by atoms with Crippen LogP contribution in [0.15, 0.2) is 42.6 Å². The summed E-state index contributed by atoms with van der Waals surface area (Å²) in [6.45, 7) is 1.46. The van der Waals surface area contributed by atoms with Crippen molar-refractivity contribution in [2.75, 3.05) is 0 Å². The van der Waals surface area contributed by atoms with Gasteiger partial charge in [-0.1, -0.05) is 12.2 Å². The molecule has 158 valence electrons. The first-order chi connectivity index (χ1) is 14.1. The summed E-state index contributed by atoms with van der Waals surface area (Å²) in [5.41, 5.74) is 0.466. The number of nitrogens with zero attached hydrogens (tertiary/aromatic N) is 1. The molecule has 30 heavy (non-hydrogen) atoms. The highest BCUT2D eigenvalue weighted by molar-refractivity contribution is 5.75. The fourth-order valence-electron chi connectivity index (χ4n) is 2.86. The van der Waals surface area contributed by atoms with Crippen LogP contribution in [0.3, 0.4) is 0 Å². The fourth-order valence-corrected chi connectivity index (χ4v) is 2.86. The van der Waals surface area contributed by atoms with E-state index in [9.17, 15) is 22.4 Å². The molecule has 1 fully saturated rings. The van der Waals surface area contributed by atoms with Gasteiger partial charge in [0.25, 0.3) is 0 Å². The molecule has 2 aromatic rings. The minimum atomic E-state index is -4.80. The topological polar surface area (TPSA) is 69.7 Å². The van der Waals surface area contributed by atoms with Crippen LogP contribution in [0.5, 0.6) is 23.1 Å². The molecule has 2 aliphatic rings. The first-order valence-corrected chi connectivity index (χ1v) is 8.97. The summed E-state index contributed by atoms with van der Waals surface area (Å²) >= 11 is 0. The average Bonchev–Trinajstić information content (AvgIpc) is 3.41. The maximum atomic E-state index is 13.3. The number of pyridine rings is 1. The second-order valence-electron chi connectivity index (χ2n) is 7.05. The van der Waals surface area contributed by atoms with Crippen LogP contribution in [0, 0.1) is 0 Å². The number of alkyl halides is 4. The van der Waals surface area contributed by atoms with E-state index in [1.807, 2.05) is 12.2 Å². The maximum absolute atomic E-state index is 13.3. The van der Waals surface area contributed by atoms with Crippen molar-refractivity contribution in [3.8, 4) is 23.1 Å². The van der Waals surface area contributed by atoms with E-state index in [2.05, 4.69) is 19.8 Å². The van der Waals surface area contributed by atoms with Crippen molar-refractivity contribution < 1.29 is 36.6 Å². The number of benzene rings is 1. The van der Waals surface area contributed by atoms with E-state index in [0.29, 0.717) is 0 Å². The zero-order chi connectivity index (χ0) is 21.6. The number of carbonyl (C=O) groups is 1. The number of hydrogen-bond acceptors (Lipinski definition) is 5. The van der Waals surface area contributed by atoms with E-state index >= 15 is 0 Å². The number of amides is 1. The number of fused-ring (bicyclic) bond motifs is 1. The van der Waals surface area contributed by atoms with Gasteiger partial charge in [-0.2, -0.15) is 17.6 Å².